The molecule has 2 N–H and O–H groups in total. The second kappa shape index (κ2) is 6.47. The highest BCUT2D eigenvalue weighted by Crippen LogP contribution is 2.47. The topological polar surface area (TPSA) is 79.2 Å². The quantitative estimate of drug-likeness (QED) is 0.754. The minimum absolute atomic E-state index is 0.0164. The molecule has 3 rings (SSSR count). The predicted octanol–water partition coefficient (Wildman–Crippen LogP) is 0.772. The van der Waals surface area contributed by atoms with Crippen LogP contribution in [0.2, 0.25) is 0 Å². The first-order valence-electron chi connectivity index (χ1n) is 7.96. The molecular formula is C17H23NO5. The lowest BCUT2D eigenvalue weighted by atomic mass is 9.97. The third-order valence-electron chi connectivity index (χ3n) is 4.74. The van der Waals surface area contributed by atoms with E-state index >= 15 is 0 Å². The lowest BCUT2D eigenvalue weighted by molar-refractivity contribution is -0.172. The number of ether oxygens (including phenoxy) is 2. The number of nitrogens with zero attached hydrogens (tertiary/aromatic N) is 1. The minimum Gasteiger partial charge on any atom is -0.491 e. The molecule has 1 unspecified atom stereocenters. The molecule has 0 bridgehead atoms. The summed E-state index contributed by atoms with van der Waals surface area (Å²) in [6, 6.07) is 9.30. The smallest absolute Gasteiger partial charge is 0.308 e. The summed E-state index contributed by atoms with van der Waals surface area (Å²) in [7, 11) is 1.81. The third kappa shape index (κ3) is 3.34. The SMILES string of the molecule is CN(CC(O)COc1ccccc1)[C@@]12C[C@@H](O)C[C@@H]1CC(=O)O2. The molecule has 2 fully saturated rings. The Morgan fingerprint density at radius 2 is 2.17 bits per heavy atom. The Morgan fingerprint density at radius 3 is 2.91 bits per heavy atom. The van der Waals surface area contributed by atoms with Gasteiger partial charge >= 0.3 is 5.97 Å². The van der Waals surface area contributed by atoms with Crippen molar-refractivity contribution < 1.29 is 24.5 Å². The third-order valence-corrected chi connectivity index (χ3v) is 4.74. The van der Waals surface area contributed by atoms with E-state index in [0.29, 0.717) is 31.6 Å². The highest BCUT2D eigenvalue weighted by Gasteiger charge is 2.57. The zero-order valence-electron chi connectivity index (χ0n) is 13.2. The molecule has 1 aromatic rings. The fourth-order valence-corrected chi connectivity index (χ4v) is 3.69. The largest absolute Gasteiger partial charge is 0.491 e. The van der Waals surface area contributed by atoms with E-state index in [4.69, 9.17) is 9.47 Å². The zero-order chi connectivity index (χ0) is 16.4. The van der Waals surface area contributed by atoms with Crippen molar-refractivity contribution in [2.45, 2.75) is 37.2 Å². The van der Waals surface area contributed by atoms with Gasteiger partial charge in [-0.15, -0.1) is 0 Å². The van der Waals surface area contributed by atoms with E-state index in [1.54, 1.807) is 0 Å². The van der Waals surface area contributed by atoms with Crippen molar-refractivity contribution in [3.8, 4) is 5.75 Å². The summed E-state index contributed by atoms with van der Waals surface area (Å²) in [6.45, 7) is 0.467. The molecule has 2 aliphatic rings. The fraction of sp³-hybridized carbons (Fsp3) is 0.588. The number of aliphatic hydroxyl groups is 2. The van der Waals surface area contributed by atoms with Crippen LogP contribution in [0.15, 0.2) is 30.3 Å². The van der Waals surface area contributed by atoms with Crippen LogP contribution in [-0.4, -0.2) is 59.2 Å². The van der Waals surface area contributed by atoms with Gasteiger partial charge in [0.2, 0.25) is 0 Å². The first kappa shape index (κ1) is 16.2. The molecule has 1 aliphatic heterocycles. The van der Waals surface area contributed by atoms with Crippen LogP contribution in [0.3, 0.4) is 0 Å². The molecule has 0 spiro atoms. The number of hydrogen-bond acceptors (Lipinski definition) is 6. The van der Waals surface area contributed by atoms with Gasteiger partial charge in [0.1, 0.15) is 18.5 Å². The Bertz CT molecular complexity index is 551. The first-order chi connectivity index (χ1) is 11.0. The number of hydrogen-bond donors (Lipinski definition) is 2. The molecule has 1 aliphatic carbocycles. The monoisotopic (exact) mass is 321 g/mol. The van der Waals surface area contributed by atoms with Crippen LogP contribution >= 0.6 is 0 Å². The minimum atomic E-state index is -0.787. The van der Waals surface area contributed by atoms with Crippen LogP contribution in [0, 0.1) is 5.92 Å². The molecule has 4 atom stereocenters. The van der Waals surface area contributed by atoms with E-state index < -0.39 is 17.9 Å². The van der Waals surface area contributed by atoms with E-state index in [0.717, 1.165) is 0 Å². The van der Waals surface area contributed by atoms with Gasteiger partial charge in [0, 0.05) is 18.9 Å². The van der Waals surface area contributed by atoms with Crippen LogP contribution in [-0.2, 0) is 9.53 Å². The highest BCUT2D eigenvalue weighted by atomic mass is 16.6. The second-order valence-electron chi connectivity index (χ2n) is 6.47. The molecule has 0 aromatic heterocycles. The Balaban J connectivity index is 1.57. The number of rotatable bonds is 6. The molecule has 6 heteroatoms. The zero-order valence-corrected chi connectivity index (χ0v) is 13.2. The number of aliphatic hydroxyl groups excluding tert-OH is 2. The standard InChI is InChI=1S/C17H23NO5/c1-18(10-14(20)11-22-15-5-3-2-4-6-15)17-9-13(19)7-12(17)8-16(21)23-17/h2-6,12-14,19-20H,7-11H2,1H3/t12-,13+,14?,17-/m1/s1. The Hall–Kier alpha value is -1.63. The van der Waals surface area contributed by atoms with Gasteiger partial charge in [0.05, 0.1) is 12.5 Å². The molecule has 1 heterocycles. The summed E-state index contributed by atoms with van der Waals surface area (Å²) in [5, 5.41) is 20.1. The normalized spacial score (nSPS) is 31.0. The number of para-hydroxylation sites is 1. The molecule has 1 saturated carbocycles. The van der Waals surface area contributed by atoms with Gasteiger partial charge in [-0.3, -0.25) is 9.69 Å². The summed E-state index contributed by atoms with van der Waals surface area (Å²) in [6.07, 6.45) is 0.109. The van der Waals surface area contributed by atoms with Gasteiger partial charge in [-0.1, -0.05) is 18.2 Å². The van der Waals surface area contributed by atoms with Crippen molar-refractivity contribution in [1.29, 1.82) is 0 Å². The van der Waals surface area contributed by atoms with Crippen LogP contribution in [0.25, 0.3) is 0 Å². The number of carbonyl (C=O) groups excluding carboxylic acids is 1. The molecule has 23 heavy (non-hydrogen) atoms. The van der Waals surface area contributed by atoms with Gasteiger partial charge in [0.25, 0.3) is 0 Å². The van der Waals surface area contributed by atoms with E-state index in [1.807, 2.05) is 42.3 Å². The van der Waals surface area contributed by atoms with Crippen molar-refractivity contribution in [3.63, 3.8) is 0 Å². The Morgan fingerprint density at radius 1 is 1.43 bits per heavy atom. The van der Waals surface area contributed by atoms with Crippen molar-refractivity contribution in [1.82, 2.24) is 4.90 Å². The Kier molecular flexibility index (Phi) is 4.57. The van der Waals surface area contributed by atoms with E-state index in [-0.39, 0.29) is 18.5 Å². The number of benzene rings is 1. The van der Waals surface area contributed by atoms with Gasteiger partial charge < -0.3 is 19.7 Å². The van der Waals surface area contributed by atoms with Crippen molar-refractivity contribution in [2.24, 2.45) is 5.92 Å². The summed E-state index contributed by atoms with van der Waals surface area (Å²) < 4.78 is 11.1. The summed E-state index contributed by atoms with van der Waals surface area (Å²) in [4.78, 5) is 13.5. The Labute approximate surface area is 135 Å². The molecule has 6 nitrogen and oxygen atoms in total. The molecule has 0 radical (unpaired) electrons. The summed E-state index contributed by atoms with van der Waals surface area (Å²) in [5.74, 6) is 0.454. The predicted molar refractivity (Wildman–Crippen MR) is 82.7 cm³/mol. The average molecular weight is 321 g/mol. The van der Waals surface area contributed by atoms with E-state index in [9.17, 15) is 15.0 Å². The molecule has 1 saturated heterocycles. The number of carbonyl (C=O) groups is 1. The van der Waals surface area contributed by atoms with Gasteiger partial charge in [-0.05, 0) is 25.6 Å². The van der Waals surface area contributed by atoms with E-state index in [1.165, 1.54) is 0 Å². The summed E-state index contributed by atoms with van der Waals surface area (Å²) in [5.41, 5.74) is -0.787. The number of fused-ring (bicyclic) bond motifs is 1. The summed E-state index contributed by atoms with van der Waals surface area (Å²) >= 11 is 0. The molecule has 126 valence electrons. The maximum atomic E-state index is 11.7. The van der Waals surface area contributed by atoms with Gasteiger partial charge in [-0.2, -0.15) is 0 Å². The van der Waals surface area contributed by atoms with Gasteiger partial charge in [0.15, 0.2) is 5.72 Å². The van der Waals surface area contributed by atoms with E-state index in [2.05, 4.69) is 0 Å². The second-order valence-corrected chi connectivity index (χ2v) is 6.47. The average Bonchev–Trinajstić information content (AvgIpc) is 2.98. The highest BCUT2D eigenvalue weighted by molar-refractivity contribution is 5.73. The fourth-order valence-electron chi connectivity index (χ4n) is 3.69. The van der Waals surface area contributed by atoms with Crippen LogP contribution < -0.4 is 4.74 Å². The number of esters is 1. The first-order valence-corrected chi connectivity index (χ1v) is 7.96. The maximum Gasteiger partial charge on any atom is 0.308 e. The van der Waals surface area contributed by atoms with Crippen molar-refractivity contribution in [3.05, 3.63) is 30.3 Å². The van der Waals surface area contributed by atoms with Gasteiger partial charge in [-0.25, -0.2) is 0 Å². The lowest BCUT2D eigenvalue weighted by Gasteiger charge is -2.38. The lowest BCUT2D eigenvalue weighted by Crippen LogP contribution is -2.52. The molecular weight excluding hydrogens is 298 g/mol. The number of likely N-dealkylation sites (N-methyl/N-ethyl adjacent to an activating group) is 1. The van der Waals surface area contributed by atoms with Crippen molar-refractivity contribution in [2.75, 3.05) is 20.2 Å². The van der Waals surface area contributed by atoms with Crippen LogP contribution in [0.1, 0.15) is 19.3 Å². The maximum absolute atomic E-state index is 11.7. The van der Waals surface area contributed by atoms with Crippen molar-refractivity contribution >= 4 is 5.97 Å². The molecule has 0 amide bonds. The van der Waals surface area contributed by atoms with Crippen LogP contribution in [0.4, 0.5) is 0 Å². The molecule has 1 aromatic carbocycles. The van der Waals surface area contributed by atoms with Crippen LogP contribution in [0.5, 0.6) is 5.75 Å².